The molecule has 0 heterocycles. The molecule has 0 N–H and O–H groups in total. The van der Waals surface area contributed by atoms with Crippen molar-refractivity contribution in [3.05, 3.63) is 71.8 Å². The topological polar surface area (TPSA) is 59.1 Å². The van der Waals surface area contributed by atoms with E-state index in [1.165, 1.54) is 0 Å². The van der Waals surface area contributed by atoms with Gasteiger partial charge in [0.15, 0.2) is 0 Å². The van der Waals surface area contributed by atoms with Crippen molar-refractivity contribution >= 4 is 11.9 Å². The standard InChI is InChI=1S/C24H32N2O4/c1-3-29-23(27)19-25(17-21-11-7-5-8-12-21)15-16-26(20-24(28)30-4-2)18-22-13-9-6-10-14-22/h5-14H,3-4,15-20H2,1-2H3. The first kappa shape index (κ1) is 23.6. The molecule has 0 bridgehead atoms. The zero-order valence-corrected chi connectivity index (χ0v) is 18.0. The van der Waals surface area contributed by atoms with E-state index < -0.39 is 0 Å². The predicted octanol–water partition coefficient (Wildman–Crippen LogP) is 3.12. The van der Waals surface area contributed by atoms with Crippen molar-refractivity contribution in [1.29, 1.82) is 0 Å². The molecule has 0 aliphatic carbocycles. The van der Waals surface area contributed by atoms with Crippen LogP contribution in [0.3, 0.4) is 0 Å². The van der Waals surface area contributed by atoms with E-state index in [-0.39, 0.29) is 25.0 Å². The van der Waals surface area contributed by atoms with Gasteiger partial charge in [-0.25, -0.2) is 0 Å². The molecule has 0 spiro atoms. The van der Waals surface area contributed by atoms with E-state index in [4.69, 9.17) is 9.47 Å². The minimum atomic E-state index is -0.242. The van der Waals surface area contributed by atoms with Gasteiger partial charge >= 0.3 is 11.9 Å². The third-order valence-electron chi connectivity index (χ3n) is 4.55. The maximum atomic E-state index is 12.1. The second-order valence-corrected chi connectivity index (χ2v) is 7.00. The predicted molar refractivity (Wildman–Crippen MR) is 117 cm³/mol. The van der Waals surface area contributed by atoms with Gasteiger partial charge in [-0.2, -0.15) is 0 Å². The molecule has 0 amide bonds. The highest BCUT2D eigenvalue weighted by Crippen LogP contribution is 2.08. The summed E-state index contributed by atoms with van der Waals surface area (Å²) in [7, 11) is 0. The van der Waals surface area contributed by atoms with Gasteiger partial charge in [0, 0.05) is 26.2 Å². The second-order valence-electron chi connectivity index (χ2n) is 7.00. The number of nitrogens with zero attached hydrogens (tertiary/aromatic N) is 2. The van der Waals surface area contributed by atoms with Gasteiger partial charge in [-0.3, -0.25) is 19.4 Å². The smallest absolute Gasteiger partial charge is 0.320 e. The van der Waals surface area contributed by atoms with Crippen LogP contribution in [-0.4, -0.2) is 61.1 Å². The molecule has 0 atom stereocenters. The van der Waals surface area contributed by atoms with E-state index in [2.05, 4.69) is 9.80 Å². The van der Waals surface area contributed by atoms with Gasteiger partial charge in [-0.1, -0.05) is 60.7 Å². The van der Waals surface area contributed by atoms with Crippen molar-refractivity contribution in [1.82, 2.24) is 9.80 Å². The van der Waals surface area contributed by atoms with Crippen LogP contribution in [0.1, 0.15) is 25.0 Å². The van der Waals surface area contributed by atoms with Crippen LogP contribution < -0.4 is 0 Å². The highest BCUT2D eigenvalue weighted by atomic mass is 16.5. The highest BCUT2D eigenvalue weighted by molar-refractivity contribution is 5.72. The zero-order chi connectivity index (χ0) is 21.6. The Kier molecular flexibility index (Phi) is 10.6. The van der Waals surface area contributed by atoms with Crippen LogP contribution in [0.25, 0.3) is 0 Å². The Morgan fingerprint density at radius 2 is 1.03 bits per heavy atom. The van der Waals surface area contributed by atoms with Gasteiger partial charge in [0.05, 0.1) is 26.3 Å². The molecule has 0 aliphatic rings. The third-order valence-corrected chi connectivity index (χ3v) is 4.55. The molecule has 30 heavy (non-hydrogen) atoms. The number of ether oxygens (including phenoxy) is 2. The zero-order valence-electron chi connectivity index (χ0n) is 18.0. The fourth-order valence-electron chi connectivity index (χ4n) is 3.17. The van der Waals surface area contributed by atoms with Gasteiger partial charge in [-0.15, -0.1) is 0 Å². The number of esters is 2. The molecule has 6 nitrogen and oxygen atoms in total. The molecule has 0 fully saturated rings. The summed E-state index contributed by atoms with van der Waals surface area (Å²) in [4.78, 5) is 28.3. The van der Waals surface area contributed by atoms with Crippen molar-refractivity contribution in [2.75, 3.05) is 39.4 Å². The first-order chi connectivity index (χ1) is 14.6. The summed E-state index contributed by atoms with van der Waals surface area (Å²) in [5, 5.41) is 0. The molecule has 0 radical (unpaired) electrons. The molecule has 6 heteroatoms. The molecule has 2 aromatic carbocycles. The SMILES string of the molecule is CCOC(=O)CN(CCN(CC(=O)OCC)Cc1ccccc1)Cc1ccccc1. The van der Waals surface area contributed by atoms with E-state index in [1.807, 2.05) is 60.7 Å². The quantitative estimate of drug-likeness (QED) is 0.471. The summed E-state index contributed by atoms with van der Waals surface area (Å²) in [6.45, 7) is 7.28. The van der Waals surface area contributed by atoms with Gasteiger partial charge in [0.25, 0.3) is 0 Å². The lowest BCUT2D eigenvalue weighted by molar-refractivity contribution is -0.146. The van der Waals surface area contributed by atoms with E-state index in [0.29, 0.717) is 39.4 Å². The van der Waals surface area contributed by atoms with E-state index >= 15 is 0 Å². The maximum Gasteiger partial charge on any atom is 0.320 e. The number of hydrogen-bond acceptors (Lipinski definition) is 6. The first-order valence-corrected chi connectivity index (χ1v) is 10.4. The average molecular weight is 413 g/mol. The van der Waals surface area contributed by atoms with Crippen LogP contribution in [0.2, 0.25) is 0 Å². The van der Waals surface area contributed by atoms with Crippen LogP contribution in [0.15, 0.2) is 60.7 Å². The van der Waals surface area contributed by atoms with Gasteiger partial charge in [0.2, 0.25) is 0 Å². The summed E-state index contributed by atoms with van der Waals surface area (Å²) in [6, 6.07) is 20.1. The lowest BCUT2D eigenvalue weighted by atomic mass is 10.2. The molecule has 162 valence electrons. The summed E-state index contributed by atoms with van der Waals surface area (Å²) >= 11 is 0. The summed E-state index contributed by atoms with van der Waals surface area (Å²) in [5.74, 6) is -0.484. The molecule has 0 aromatic heterocycles. The van der Waals surface area contributed by atoms with Crippen LogP contribution in [-0.2, 0) is 32.2 Å². The average Bonchev–Trinajstić information content (AvgIpc) is 2.73. The van der Waals surface area contributed by atoms with Gasteiger partial charge in [0.1, 0.15) is 0 Å². The van der Waals surface area contributed by atoms with Crippen LogP contribution >= 0.6 is 0 Å². The van der Waals surface area contributed by atoms with E-state index in [0.717, 1.165) is 11.1 Å². The number of rotatable bonds is 13. The third kappa shape index (κ3) is 9.20. The number of carbonyl (C=O) groups is 2. The molecule has 0 unspecified atom stereocenters. The molecular formula is C24H32N2O4. The van der Waals surface area contributed by atoms with Crippen molar-refractivity contribution < 1.29 is 19.1 Å². The first-order valence-electron chi connectivity index (χ1n) is 10.4. The Morgan fingerprint density at radius 1 is 0.667 bits per heavy atom. The summed E-state index contributed by atoms with van der Waals surface area (Å²) < 4.78 is 10.3. The fraction of sp³-hybridized carbons (Fsp3) is 0.417. The molecular weight excluding hydrogens is 380 g/mol. The molecule has 0 saturated carbocycles. The molecule has 0 aliphatic heterocycles. The fourth-order valence-corrected chi connectivity index (χ4v) is 3.17. The Morgan fingerprint density at radius 3 is 1.37 bits per heavy atom. The lowest BCUT2D eigenvalue weighted by Gasteiger charge is -2.27. The van der Waals surface area contributed by atoms with Gasteiger partial charge in [-0.05, 0) is 25.0 Å². The Balaban J connectivity index is 2.04. The number of hydrogen-bond donors (Lipinski definition) is 0. The van der Waals surface area contributed by atoms with E-state index in [1.54, 1.807) is 13.8 Å². The second kappa shape index (κ2) is 13.5. The Hall–Kier alpha value is -2.70. The summed E-state index contributed by atoms with van der Waals surface area (Å²) in [6.07, 6.45) is 0. The van der Waals surface area contributed by atoms with Crippen molar-refractivity contribution in [3.8, 4) is 0 Å². The normalized spacial score (nSPS) is 10.9. The molecule has 2 aromatic rings. The van der Waals surface area contributed by atoms with Gasteiger partial charge < -0.3 is 9.47 Å². The Bertz CT molecular complexity index is 687. The Labute approximate surface area is 179 Å². The minimum Gasteiger partial charge on any atom is -0.465 e. The van der Waals surface area contributed by atoms with Crippen molar-refractivity contribution in [2.45, 2.75) is 26.9 Å². The summed E-state index contributed by atoms with van der Waals surface area (Å²) in [5.41, 5.74) is 2.25. The van der Waals surface area contributed by atoms with E-state index in [9.17, 15) is 9.59 Å². The maximum absolute atomic E-state index is 12.1. The molecule has 0 saturated heterocycles. The minimum absolute atomic E-state index is 0.210. The van der Waals surface area contributed by atoms with Crippen LogP contribution in [0, 0.1) is 0 Å². The van der Waals surface area contributed by atoms with Crippen LogP contribution in [0.4, 0.5) is 0 Å². The van der Waals surface area contributed by atoms with Crippen molar-refractivity contribution in [2.24, 2.45) is 0 Å². The largest absolute Gasteiger partial charge is 0.465 e. The lowest BCUT2D eigenvalue weighted by Crippen LogP contribution is -2.40. The number of carbonyl (C=O) groups excluding carboxylic acids is 2. The number of benzene rings is 2. The van der Waals surface area contributed by atoms with Crippen LogP contribution in [0.5, 0.6) is 0 Å². The highest BCUT2D eigenvalue weighted by Gasteiger charge is 2.17. The molecule has 2 rings (SSSR count). The van der Waals surface area contributed by atoms with Crippen molar-refractivity contribution in [3.63, 3.8) is 0 Å². The monoisotopic (exact) mass is 412 g/mol.